The Labute approximate surface area is 224 Å². The van der Waals surface area contributed by atoms with Gasteiger partial charge >= 0.3 is 6.09 Å². The summed E-state index contributed by atoms with van der Waals surface area (Å²) in [7, 11) is 0. The quantitative estimate of drug-likeness (QED) is 0.363. The molecule has 7 heteroatoms. The van der Waals surface area contributed by atoms with Gasteiger partial charge in [0.15, 0.2) is 0 Å². The van der Waals surface area contributed by atoms with Crippen LogP contribution in [0.2, 0.25) is 0 Å². The molecule has 0 unspecified atom stereocenters. The van der Waals surface area contributed by atoms with E-state index in [0.717, 1.165) is 32.1 Å². The lowest BCUT2D eigenvalue weighted by atomic mass is 9.41. The van der Waals surface area contributed by atoms with Crippen molar-refractivity contribution in [3.05, 3.63) is 0 Å². The molecule has 4 saturated carbocycles. The summed E-state index contributed by atoms with van der Waals surface area (Å²) in [6.07, 6.45) is 8.37. The van der Waals surface area contributed by atoms with Crippen LogP contribution in [-0.4, -0.2) is 76.5 Å². The fraction of sp³-hybridized carbons (Fsp3) is 0.967. The molecule has 4 aliphatic rings. The van der Waals surface area contributed by atoms with Gasteiger partial charge in [-0.1, -0.05) is 34.1 Å². The van der Waals surface area contributed by atoms with Gasteiger partial charge < -0.3 is 30.1 Å². The van der Waals surface area contributed by atoms with Crippen molar-refractivity contribution in [3.8, 4) is 0 Å². The topological polar surface area (TPSA) is 110 Å². The first-order valence-electron chi connectivity index (χ1n) is 15.1. The zero-order valence-electron chi connectivity index (χ0n) is 23.6. The van der Waals surface area contributed by atoms with Crippen molar-refractivity contribution < 1.29 is 30.0 Å². The van der Waals surface area contributed by atoms with Crippen molar-refractivity contribution >= 4 is 6.09 Å². The van der Waals surface area contributed by atoms with E-state index in [1.165, 1.54) is 30.6 Å². The van der Waals surface area contributed by atoms with Gasteiger partial charge in [0.05, 0.1) is 32.0 Å². The van der Waals surface area contributed by atoms with Gasteiger partial charge in [-0.15, -0.1) is 0 Å². The van der Waals surface area contributed by atoms with E-state index in [4.69, 9.17) is 4.74 Å². The molecule has 1 amide bonds. The summed E-state index contributed by atoms with van der Waals surface area (Å²) in [4.78, 5) is 13.7. The summed E-state index contributed by atoms with van der Waals surface area (Å²) < 4.78 is 5.53. The van der Waals surface area contributed by atoms with Gasteiger partial charge in [-0.2, -0.15) is 0 Å². The average Bonchev–Trinajstić information content (AvgIpc) is 3.22. The van der Waals surface area contributed by atoms with Crippen LogP contribution in [0.15, 0.2) is 0 Å². The monoisotopic (exact) mass is 523 g/mol. The minimum Gasteiger partial charge on any atom is -0.449 e. The summed E-state index contributed by atoms with van der Waals surface area (Å²) >= 11 is 0. The number of hydrogen-bond donors (Lipinski definition) is 4. The number of aliphatic hydroxyl groups excluding tert-OH is 4. The van der Waals surface area contributed by atoms with Crippen molar-refractivity contribution in [3.63, 3.8) is 0 Å². The van der Waals surface area contributed by atoms with Gasteiger partial charge in [-0.25, -0.2) is 4.79 Å². The molecular weight excluding hydrogens is 470 g/mol. The molecule has 0 aromatic heterocycles. The third-order valence-electron chi connectivity index (χ3n) is 11.9. The maximum absolute atomic E-state index is 12.4. The first-order valence-corrected chi connectivity index (χ1v) is 15.1. The first-order chi connectivity index (χ1) is 17.6. The van der Waals surface area contributed by atoms with Crippen LogP contribution in [0, 0.1) is 52.3 Å². The van der Waals surface area contributed by atoms with E-state index in [-0.39, 0.29) is 55.3 Å². The molecule has 7 nitrogen and oxygen atoms in total. The molecule has 4 aliphatic carbocycles. The molecule has 0 aromatic rings. The second kappa shape index (κ2) is 11.7. The Hall–Kier alpha value is -0.890. The zero-order chi connectivity index (χ0) is 27.0. The van der Waals surface area contributed by atoms with E-state index in [2.05, 4.69) is 27.7 Å². The summed E-state index contributed by atoms with van der Waals surface area (Å²) in [6, 6.07) is 0. The molecule has 4 rings (SSSR count). The summed E-state index contributed by atoms with van der Waals surface area (Å²) in [5.41, 5.74) is 0.416. The number of ether oxygens (including phenoxy) is 1. The molecule has 4 fully saturated rings. The Kier molecular flexibility index (Phi) is 9.20. The number of carbonyl (C=O) groups is 1. The van der Waals surface area contributed by atoms with Crippen LogP contribution < -0.4 is 0 Å². The Morgan fingerprint density at radius 3 is 2.27 bits per heavy atom. The highest BCUT2D eigenvalue weighted by Gasteiger charge is 2.64. The standard InChI is InChI=1S/C30H53NO6/c1-5-21-25-18-20(34)8-11-30(25,4)24-9-12-29(3)22(6-7-23(29)26(24)27(21)35)19(2)10-17-37-28(36)31(13-15-32)14-16-33/h19-27,32-35H,5-18H2,1-4H3/t19-,20-,21-,22-,23+,24+,25+,26+,27-,29-,30-/m1/s1. The molecule has 0 aliphatic heterocycles. The third kappa shape index (κ3) is 5.19. The lowest BCUT2D eigenvalue weighted by molar-refractivity contribution is -0.203. The van der Waals surface area contributed by atoms with E-state index < -0.39 is 6.09 Å². The van der Waals surface area contributed by atoms with Crippen molar-refractivity contribution in [2.24, 2.45) is 52.3 Å². The molecule has 0 saturated heterocycles. The molecule has 0 heterocycles. The normalized spacial score (nSPS) is 43.9. The second-order valence-electron chi connectivity index (χ2n) is 13.4. The smallest absolute Gasteiger partial charge is 0.409 e. The van der Waals surface area contributed by atoms with Crippen LogP contribution in [0.5, 0.6) is 0 Å². The lowest BCUT2D eigenvalue weighted by Gasteiger charge is -2.64. The largest absolute Gasteiger partial charge is 0.449 e. The van der Waals surface area contributed by atoms with E-state index >= 15 is 0 Å². The van der Waals surface area contributed by atoms with Crippen molar-refractivity contribution in [1.82, 2.24) is 4.90 Å². The van der Waals surface area contributed by atoms with Crippen LogP contribution in [0.1, 0.15) is 85.5 Å². The van der Waals surface area contributed by atoms with Gasteiger partial charge in [-0.3, -0.25) is 0 Å². The summed E-state index contributed by atoms with van der Waals surface area (Å²) in [5.74, 6) is 3.08. The number of fused-ring (bicyclic) bond motifs is 5. The van der Waals surface area contributed by atoms with Gasteiger partial charge in [-0.05, 0) is 104 Å². The summed E-state index contributed by atoms with van der Waals surface area (Å²) in [6.45, 7) is 9.85. The third-order valence-corrected chi connectivity index (χ3v) is 11.9. The molecule has 4 N–H and O–H groups in total. The number of hydrogen-bond acceptors (Lipinski definition) is 6. The fourth-order valence-corrected chi connectivity index (χ4v) is 10.1. The van der Waals surface area contributed by atoms with E-state index in [0.29, 0.717) is 42.1 Å². The van der Waals surface area contributed by atoms with Gasteiger partial charge in [0, 0.05) is 13.1 Å². The Balaban J connectivity index is 1.43. The van der Waals surface area contributed by atoms with Crippen LogP contribution in [0.3, 0.4) is 0 Å². The van der Waals surface area contributed by atoms with Crippen LogP contribution in [-0.2, 0) is 4.74 Å². The van der Waals surface area contributed by atoms with E-state index in [9.17, 15) is 25.2 Å². The van der Waals surface area contributed by atoms with Crippen LogP contribution >= 0.6 is 0 Å². The van der Waals surface area contributed by atoms with E-state index in [1.54, 1.807) is 0 Å². The number of rotatable bonds is 9. The van der Waals surface area contributed by atoms with Crippen molar-refractivity contribution in [2.45, 2.75) is 97.7 Å². The van der Waals surface area contributed by atoms with Crippen molar-refractivity contribution in [1.29, 1.82) is 0 Å². The Bertz CT molecular complexity index is 773. The maximum Gasteiger partial charge on any atom is 0.409 e. The second-order valence-corrected chi connectivity index (χ2v) is 13.4. The summed E-state index contributed by atoms with van der Waals surface area (Å²) in [5, 5.41) is 40.7. The SMILES string of the molecule is CC[C@H]1[C@@H](O)[C@@H]2[C@H](CC[C@]3(C)[C@@H]([C@H](C)CCOC(=O)N(CCO)CCO)CC[C@@H]23)[C@@]2(C)CC[C@@H](O)C[C@@H]12. The van der Waals surface area contributed by atoms with Crippen molar-refractivity contribution in [2.75, 3.05) is 32.9 Å². The highest BCUT2D eigenvalue weighted by atomic mass is 16.6. The molecule has 214 valence electrons. The molecule has 0 radical (unpaired) electrons. The highest BCUT2D eigenvalue weighted by Crippen LogP contribution is 2.69. The van der Waals surface area contributed by atoms with Gasteiger partial charge in [0.1, 0.15) is 0 Å². The van der Waals surface area contributed by atoms with Gasteiger partial charge in [0.25, 0.3) is 0 Å². The van der Waals surface area contributed by atoms with E-state index in [1.807, 2.05) is 0 Å². The predicted octanol–water partition coefficient (Wildman–Crippen LogP) is 4.06. The molecular formula is C30H53NO6. The average molecular weight is 524 g/mol. The zero-order valence-corrected chi connectivity index (χ0v) is 23.6. The number of carbonyl (C=O) groups excluding carboxylic acids is 1. The number of nitrogens with zero attached hydrogens (tertiary/aromatic N) is 1. The molecule has 0 aromatic carbocycles. The van der Waals surface area contributed by atoms with Gasteiger partial charge in [0.2, 0.25) is 0 Å². The predicted molar refractivity (Wildman–Crippen MR) is 143 cm³/mol. The van der Waals surface area contributed by atoms with Crippen LogP contribution in [0.25, 0.3) is 0 Å². The first kappa shape index (κ1) is 29.1. The molecule has 0 bridgehead atoms. The molecule has 0 spiro atoms. The minimum absolute atomic E-state index is 0.152. The maximum atomic E-state index is 12.4. The Morgan fingerprint density at radius 2 is 1.62 bits per heavy atom. The molecule has 37 heavy (non-hydrogen) atoms. The number of aliphatic hydroxyl groups is 4. The minimum atomic E-state index is -0.470. The lowest BCUT2D eigenvalue weighted by Crippen LogP contribution is -2.62. The fourth-order valence-electron chi connectivity index (χ4n) is 10.1. The molecule has 11 atom stereocenters. The van der Waals surface area contributed by atoms with Crippen LogP contribution in [0.4, 0.5) is 4.79 Å². The highest BCUT2D eigenvalue weighted by molar-refractivity contribution is 5.67. The Morgan fingerprint density at radius 1 is 0.973 bits per heavy atom. The number of amides is 1.